The minimum Gasteiger partial charge on any atom is -0.335 e. The highest BCUT2D eigenvalue weighted by atomic mass is 35.5. The second-order valence-electron chi connectivity index (χ2n) is 6.77. The molecular weight excluding hydrogens is 386 g/mol. The molecule has 2 aromatic rings. The van der Waals surface area contributed by atoms with E-state index in [1.165, 1.54) is 11.3 Å². The Morgan fingerprint density at radius 3 is 2.85 bits per heavy atom. The monoisotopic (exact) mass is 405 g/mol. The summed E-state index contributed by atoms with van der Waals surface area (Å²) in [6, 6.07) is 5.16. The highest BCUT2D eigenvalue weighted by Gasteiger charge is 2.34. The lowest BCUT2D eigenvalue weighted by atomic mass is 10.1. The number of aromatic nitrogens is 2. The molecule has 27 heavy (non-hydrogen) atoms. The van der Waals surface area contributed by atoms with Gasteiger partial charge in [-0.25, -0.2) is 0 Å². The number of nitrogens with zero attached hydrogens (tertiary/aromatic N) is 4. The van der Waals surface area contributed by atoms with Crippen molar-refractivity contribution in [3.05, 3.63) is 28.8 Å². The zero-order valence-corrected chi connectivity index (χ0v) is 16.5. The number of carbonyl (C=O) groups excluding carboxylic acids is 2. The van der Waals surface area contributed by atoms with E-state index in [9.17, 15) is 9.59 Å². The van der Waals surface area contributed by atoms with Crippen LogP contribution in [0.5, 0.6) is 0 Å². The van der Waals surface area contributed by atoms with Crippen molar-refractivity contribution in [2.24, 2.45) is 0 Å². The maximum atomic E-state index is 12.9. The Kier molecular flexibility index (Phi) is 5.01. The molecule has 4 rings (SSSR count). The van der Waals surface area contributed by atoms with Gasteiger partial charge in [0.05, 0.1) is 0 Å². The van der Waals surface area contributed by atoms with Crippen LogP contribution in [0.4, 0.5) is 16.0 Å². The fraction of sp³-hybridized carbons (Fsp3) is 0.444. The maximum absolute atomic E-state index is 12.9. The quantitative estimate of drug-likeness (QED) is 0.844. The Balaban J connectivity index is 1.50. The standard InChI is InChI=1S/C18H20ClN5O2S/c1-11-12(19)5-2-6-13(11)20-16(26)14-7-3-9-23(14)17-21-22-18(27-17)24-10-4-8-15(24)25/h2,5-6,14H,3-4,7-10H2,1H3,(H,20,26). The van der Waals surface area contributed by atoms with Crippen molar-refractivity contribution in [1.29, 1.82) is 0 Å². The lowest BCUT2D eigenvalue weighted by molar-refractivity contribution is -0.117. The molecule has 9 heteroatoms. The van der Waals surface area contributed by atoms with E-state index in [1.54, 1.807) is 11.0 Å². The second kappa shape index (κ2) is 7.44. The first-order valence-corrected chi connectivity index (χ1v) is 10.2. The first-order valence-electron chi connectivity index (χ1n) is 9.01. The van der Waals surface area contributed by atoms with E-state index in [4.69, 9.17) is 11.6 Å². The third-order valence-electron chi connectivity index (χ3n) is 5.03. The van der Waals surface area contributed by atoms with Crippen molar-refractivity contribution in [2.75, 3.05) is 28.2 Å². The predicted molar refractivity (Wildman–Crippen MR) is 107 cm³/mol. The number of nitrogens with one attached hydrogen (secondary N) is 1. The number of hydrogen-bond acceptors (Lipinski definition) is 6. The molecule has 2 aliphatic rings. The van der Waals surface area contributed by atoms with Gasteiger partial charge >= 0.3 is 0 Å². The second-order valence-corrected chi connectivity index (χ2v) is 8.11. The first kappa shape index (κ1) is 18.2. The van der Waals surface area contributed by atoms with Gasteiger partial charge in [0.1, 0.15) is 6.04 Å². The summed E-state index contributed by atoms with van der Waals surface area (Å²) in [5.41, 5.74) is 1.57. The van der Waals surface area contributed by atoms with Crippen LogP contribution < -0.4 is 15.1 Å². The molecule has 0 spiro atoms. The van der Waals surface area contributed by atoms with Crippen LogP contribution in [0.3, 0.4) is 0 Å². The van der Waals surface area contributed by atoms with Gasteiger partial charge in [-0.3, -0.25) is 14.5 Å². The Morgan fingerprint density at radius 2 is 2.07 bits per heavy atom. The smallest absolute Gasteiger partial charge is 0.247 e. The molecule has 0 radical (unpaired) electrons. The molecule has 1 unspecified atom stereocenters. The number of halogens is 1. The number of rotatable bonds is 4. The molecule has 1 N–H and O–H groups in total. The Hall–Kier alpha value is -2.19. The predicted octanol–water partition coefficient (Wildman–Crippen LogP) is 3.23. The largest absolute Gasteiger partial charge is 0.335 e. The van der Waals surface area contributed by atoms with Crippen LogP contribution in [-0.4, -0.2) is 41.1 Å². The zero-order valence-electron chi connectivity index (χ0n) is 14.9. The Morgan fingerprint density at radius 1 is 1.26 bits per heavy atom. The van der Waals surface area contributed by atoms with E-state index in [-0.39, 0.29) is 17.9 Å². The lowest BCUT2D eigenvalue weighted by Crippen LogP contribution is -2.39. The molecular formula is C18H20ClN5O2S. The van der Waals surface area contributed by atoms with E-state index in [1.807, 2.05) is 24.0 Å². The molecule has 2 aliphatic heterocycles. The Labute approximate surface area is 166 Å². The van der Waals surface area contributed by atoms with Crippen molar-refractivity contribution in [3.63, 3.8) is 0 Å². The van der Waals surface area contributed by atoms with E-state index >= 15 is 0 Å². The fourth-order valence-corrected chi connectivity index (χ4v) is 4.65. The number of carbonyl (C=O) groups is 2. The van der Waals surface area contributed by atoms with E-state index in [0.29, 0.717) is 28.3 Å². The number of hydrogen-bond donors (Lipinski definition) is 1. The molecule has 0 bridgehead atoms. The van der Waals surface area contributed by atoms with Crippen molar-refractivity contribution in [2.45, 2.75) is 38.6 Å². The van der Waals surface area contributed by atoms with Crippen LogP contribution in [0.15, 0.2) is 18.2 Å². The highest BCUT2D eigenvalue weighted by Crippen LogP contribution is 2.34. The van der Waals surface area contributed by atoms with Crippen molar-refractivity contribution in [1.82, 2.24) is 10.2 Å². The molecule has 1 aromatic carbocycles. The van der Waals surface area contributed by atoms with Crippen LogP contribution in [0.1, 0.15) is 31.2 Å². The van der Waals surface area contributed by atoms with Gasteiger partial charge in [-0.15, -0.1) is 10.2 Å². The van der Waals surface area contributed by atoms with Gasteiger partial charge < -0.3 is 10.2 Å². The van der Waals surface area contributed by atoms with E-state index in [2.05, 4.69) is 15.5 Å². The minimum atomic E-state index is -0.307. The summed E-state index contributed by atoms with van der Waals surface area (Å²) < 4.78 is 0. The number of amides is 2. The summed E-state index contributed by atoms with van der Waals surface area (Å²) in [7, 11) is 0. The van der Waals surface area contributed by atoms with Crippen LogP contribution in [-0.2, 0) is 9.59 Å². The van der Waals surface area contributed by atoms with Gasteiger partial charge in [0.25, 0.3) is 0 Å². The third kappa shape index (κ3) is 3.51. The summed E-state index contributed by atoms with van der Waals surface area (Å²) in [6.45, 7) is 3.31. The molecule has 0 saturated carbocycles. The molecule has 2 amide bonds. The maximum Gasteiger partial charge on any atom is 0.247 e. The average Bonchev–Trinajstić information content (AvgIpc) is 3.38. The summed E-state index contributed by atoms with van der Waals surface area (Å²) in [4.78, 5) is 28.5. The van der Waals surface area contributed by atoms with Gasteiger partial charge in [0.15, 0.2) is 0 Å². The van der Waals surface area contributed by atoms with E-state index < -0.39 is 0 Å². The van der Waals surface area contributed by atoms with Crippen LogP contribution in [0.25, 0.3) is 0 Å². The summed E-state index contributed by atoms with van der Waals surface area (Å²) in [5, 5.41) is 13.3. The molecule has 3 heterocycles. The third-order valence-corrected chi connectivity index (χ3v) is 6.43. The normalized spacial score (nSPS) is 19.8. The molecule has 2 fully saturated rings. The van der Waals surface area contributed by atoms with Gasteiger partial charge in [0, 0.05) is 30.2 Å². The van der Waals surface area contributed by atoms with Crippen molar-refractivity contribution < 1.29 is 9.59 Å². The Bertz CT molecular complexity index is 886. The first-order chi connectivity index (χ1) is 13.0. The van der Waals surface area contributed by atoms with Gasteiger partial charge in [-0.1, -0.05) is 29.0 Å². The zero-order chi connectivity index (χ0) is 19.0. The van der Waals surface area contributed by atoms with Crippen molar-refractivity contribution in [3.8, 4) is 0 Å². The summed E-state index contributed by atoms with van der Waals surface area (Å²) in [6.07, 6.45) is 3.07. The number of benzene rings is 1. The van der Waals surface area contributed by atoms with E-state index in [0.717, 1.165) is 37.1 Å². The SMILES string of the molecule is Cc1c(Cl)cccc1NC(=O)C1CCCN1c1nnc(N2CCCC2=O)s1. The van der Waals surface area contributed by atoms with Crippen molar-refractivity contribution >= 4 is 50.7 Å². The average molecular weight is 406 g/mol. The molecule has 1 aromatic heterocycles. The fourth-order valence-electron chi connectivity index (χ4n) is 3.51. The highest BCUT2D eigenvalue weighted by molar-refractivity contribution is 7.19. The molecule has 1 atom stereocenters. The molecule has 2 saturated heterocycles. The van der Waals surface area contributed by atoms with Crippen LogP contribution >= 0.6 is 22.9 Å². The van der Waals surface area contributed by atoms with Crippen LogP contribution in [0.2, 0.25) is 5.02 Å². The molecule has 0 aliphatic carbocycles. The molecule has 142 valence electrons. The van der Waals surface area contributed by atoms with Gasteiger partial charge in [0.2, 0.25) is 22.1 Å². The van der Waals surface area contributed by atoms with Gasteiger partial charge in [-0.2, -0.15) is 0 Å². The summed E-state index contributed by atoms with van der Waals surface area (Å²) >= 11 is 7.52. The number of anilines is 3. The summed E-state index contributed by atoms with van der Waals surface area (Å²) in [5.74, 6) is 0.0108. The van der Waals surface area contributed by atoms with Gasteiger partial charge in [-0.05, 0) is 43.9 Å². The minimum absolute atomic E-state index is 0.0770. The topological polar surface area (TPSA) is 78.4 Å². The lowest BCUT2D eigenvalue weighted by Gasteiger charge is -2.23. The van der Waals surface area contributed by atoms with Crippen LogP contribution in [0, 0.1) is 6.92 Å². The molecule has 7 nitrogen and oxygen atoms in total.